The van der Waals surface area contributed by atoms with Crippen molar-refractivity contribution in [2.45, 2.75) is 20.8 Å². The highest BCUT2D eigenvalue weighted by molar-refractivity contribution is 7.99. The van der Waals surface area contributed by atoms with Crippen LogP contribution in [-0.4, -0.2) is 70.6 Å². The first-order chi connectivity index (χ1) is 8.79. The van der Waals surface area contributed by atoms with Crippen LogP contribution in [0, 0.1) is 0 Å². The summed E-state index contributed by atoms with van der Waals surface area (Å²) in [4.78, 5) is 2.38. The molecule has 0 saturated heterocycles. The monoisotopic (exact) mass is 353 g/mol. The molecule has 0 atom stereocenters. The van der Waals surface area contributed by atoms with Crippen LogP contribution in [0.15, 0.2) is 0 Å². The van der Waals surface area contributed by atoms with Gasteiger partial charge < -0.3 is 4.90 Å². The fourth-order valence-corrected chi connectivity index (χ4v) is 2.69. The van der Waals surface area contributed by atoms with Gasteiger partial charge in [0.2, 0.25) is 0 Å². The molecule has 0 aliphatic rings. The van der Waals surface area contributed by atoms with E-state index in [0.717, 1.165) is 0 Å². The number of rotatable bonds is 5. The van der Waals surface area contributed by atoms with E-state index in [1.807, 2.05) is 0 Å². The van der Waals surface area contributed by atoms with Gasteiger partial charge in [-0.05, 0) is 19.6 Å². The maximum Gasteiger partial charge on any atom is 0.278 e. The fraction of sp³-hybridized carbons (Fsp3) is 1.00. The molecule has 0 bridgehead atoms. The molecule has 0 heterocycles. The molecular formula is C10H27NO6S3. The van der Waals surface area contributed by atoms with Gasteiger partial charge in [-0.15, -0.1) is 3.63 Å². The molecule has 0 N–H and O–H groups in total. The Morgan fingerprint density at radius 2 is 1.05 bits per heavy atom. The molecule has 0 aromatic heterocycles. The first-order valence-electron chi connectivity index (χ1n) is 5.87. The lowest BCUT2D eigenvalue weighted by Crippen LogP contribution is -2.21. The Bertz CT molecular complexity index is 400. The lowest BCUT2D eigenvalue weighted by atomic mass is 10.5. The zero-order chi connectivity index (χ0) is 17.0. The zero-order valence-corrected chi connectivity index (χ0v) is 15.7. The summed E-state index contributed by atoms with van der Waals surface area (Å²) < 4.78 is 53.3. The highest BCUT2D eigenvalue weighted by atomic mass is 32.3. The summed E-state index contributed by atoms with van der Waals surface area (Å²) in [6.45, 7) is 10.1. The molecular weight excluding hydrogens is 326 g/mol. The Labute approximate surface area is 126 Å². The second-order valence-corrected chi connectivity index (χ2v) is 8.68. The van der Waals surface area contributed by atoms with Crippen LogP contribution >= 0.6 is 0 Å². The summed E-state index contributed by atoms with van der Waals surface area (Å²) in [6.07, 6.45) is 4.60. The Kier molecular flexibility index (Phi) is 15.8. The van der Waals surface area contributed by atoms with Crippen LogP contribution in [0.1, 0.15) is 20.8 Å². The van der Waals surface area contributed by atoms with Crippen molar-refractivity contribution in [1.82, 2.24) is 4.90 Å². The van der Waals surface area contributed by atoms with Gasteiger partial charge in [-0.2, -0.15) is 16.8 Å². The van der Waals surface area contributed by atoms with Gasteiger partial charge in [-0.1, -0.05) is 20.8 Å². The minimum absolute atomic E-state index is 0.611. The lowest BCUT2D eigenvalue weighted by Gasteiger charge is -2.13. The molecule has 0 aliphatic heterocycles. The molecule has 0 unspecified atom stereocenters. The highest BCUT2D eigenvalue weighted by Crippen LogP contribution is 1.92. The summed E-state index contributed by atoms with van der Waals surface area (Å²) in [6, 6.07) is 0. The van der Waals surface area contributed by atoms with Gasteiger partial charge >= 0.3 is 0 Å². The topological polar surface area (TPSA) is 97.8 Å². The predicted molar refractivity (Wildman–Crippen MR) is 84.2 cm³/mol. The highest BCUT2D eigenvalue weighted by Gasteiger charge is 2.10. The standard InChI is InChI=1S/C6H15N.C2H6O5S2.C2H6OS/c1-4-7(5-2)6-3;1-8(3,4)7-9(2,5)6;1-4(2)3/h4-6H2,1-3H3;1-2H3;1-2H3. The van der Waals surface area contributed by atoms with E-state index in [1.54, 1.807) is 12.5 Å². The van der Waals surface area contributed by atoms with Crippen molar-refractivity contribution in [3.05, 3.63) is 0 Å². The van der Waals surface area contributed by atoms with Crippen LogP contribution in [0.25, 0.3) is 0 Å². The second-order valence-electron chi connectivity index (χ2n) is 3.84. The molecule has 0 saturated carbocycles. The number of nitrogens with zero attached hydrogens (tertiary/aromatic N) is 1. The molecule has 126 valence electrons. The molecule has 0 aliphatic carbocycles. The average molecular weight is 354 g/mol. The first kappa shape index (κ1) is 25.0. The third-order valence-electron chi connectivity index (χ3n) is 1.59. The summed E-state index contributed by atoms with van der Waals surface area (Å²) in [5.74, 6) is 0. The van der Waals surface area contributed by atoms with Gasteiger partial charge in [-0.3, -0.25) is 4.21 Å². The maximum atomic E-state index is 10.0. The second kappa shape index (κ2) is 12.7. The SMILES string of the molecule is CCN(CC)CC.CS(=O)(=O)OS(C)(=O)=O.CS(C)=O. The number of hydrogen-bond acceptors (Lipinski definition) is 7. The Hall–Kier alpha value is -0.0300. The zero-order valence-electron chi connectivity index (χ0n) is 13.2. The van der Waals surface area contributed by atoms with E-state index in [4.69, 9.17) is 0 Å². The summed E-state index contributed by atoms with van der Waals surface area (Å²) in [5, 5.41) is 0. The van der Waals surface area contributed by atoms with E-state index < -0.39 is 31.0 Å². The lowest BCUT2D eigenvalue weighted by molar-refractivity contribution is 0.321. The van der Waals surface area contributed by atoms with E-state index >= 15 is 0 Å². The maximum absolute atomic E-state index is 10.0. The molecule has 0 aromatic rings. The van der Waals surface area contributed by atoms with Gasteiger partial charge in [0, 0.05) is 23.3 Å². The largest absolute Gasteiger partial charge is 0.304 e. The van der Waals surface area contributed by atoms with Crippen LogP contribution in [0.2, 0.25) is 0 Å². The molecule has 0 fully saturated rings. The van der Waals surface area contributed by atoms with Gasteiger partial charge in [0.25, 0.3) is 20.2 Å². The molecule has 0 rings (SSSR count). The van der Waals surface area contributed by atoms with E-state index in [0.29, 0.717) is 12.5 Å². The quantitative estimate of drug-likeness (QED) is 0.699. The summed E-state index contributed by atoms with van der Waals surface area (Å²) in [5.41, 5.74) is 0. The van der Waals surface area contributed by atoms with E-state index in [-0.39, 0.29) is 0 Å². The number of hydrogen-bond donors (Lipinski definition) is 0. The van der Waals surface area contributed by atoms with Crippen molar-refractivity contribution in [1.29, 1.82) is 0 Å². The van der Waals surface area contributed by atoms with E-state index in [9.17, 15) is 21.0 Å². The van der Waals surface area contributed by atoms with Crippen LogP contribution in [0.3, 0.4) is 0 Å². The molecule has 0 amide bonds. The molecule has 0 radical (unpaired) electrons. The van der Waals surface area contributed by atoms with Gasteiger partial charge in [0.1, 0.15) is 0 Å². The third-order valence-corrected chi connectivity index (χ3v) is 3.57. The van der Waals surface area contributed by atoms with Gasteiger partial charge in [0.15, 0.2) is 0 Å². The minimum Gasteiger partial charge on any atom is -0.304 e. The van der Waals surface area contributed by atoms with Crippen molar-refractivity contribution in [2.24, 2.45) is 0 Å². The summed E-state index contributed by atoms with van der Waals surface area (Å²) in [7, 11) is -8.35. The molecule has 20 heavy (non-hydrogen) atoms. The van der Waals surface area contributed by atoms with E-state index in [1.165, 1.54) is 19.6 Å². The van der Waals surface area contributed by atoms with Gasteiger partial charge in [0.05, 0.1) is 12.5 Å². The van der Waals surface area contributed by atoms with Crippen molar-refractivity contribution in [3.63, 3.8) is 0 Å². The Morgan fingerprint density at radius 1 is 0.850 bits per heavy atom. The Morgan fingerprint density at radius 3 is 1.05 bits per heavy atom. The van der Waals surface area contributed by atoms with Crippen LogP contribution in [0.5, 0.6) is 0 Å². The van der Waals surface area contributed by atoms with Crippen LogP contribution in [-0.2, 0) is 34.7 Å². The van der Waals surface area contributed by atoms with Crippen molar-refractivity contribution in [2.75, 3.05) is 44.7 Å². The van der Waals surface area contributed by atoms with Crippen LogP contribution < -0.4 is 0 Å². The van der Waals surface area contributed by atoms with Crippen LogP contribution in [0.4, 0.5) is 0 Å². The summed E-state index contributed by atoms with van der Waals surface area (Å²) >= 11 is 0. The van der Waals surface area contributed by atoms with Crippen molar-refractivity contribution >= 4 is 31.0 Å². The predicted octanol–water partition coefficient (Wildman–Crippen LogP) is 0.265. The molecule has 10 heteroatoms. The average Bonchev–Trinajstić information content (AvgIpc) is 2.14. The van der Waals surface area contributed by atoms with E-state index in [2.05, 4.69) is 29.3 Å². The molecule has 7 nitrogen and oxygen atoms in total. The molecule has 0 aromatic carbocycles. The first-order valence-corrected chi connectivity index (χ1v) is 11.5. The van der Waals surface area contributed by atoms with Crippen molar-refractivity contribution < 1.29 is 24.7 Å². The van der Waals surface area contributed by atoms with Gasteiger partial charge in [-0.25, -0.2) is 0 Å². The smallest absolute Gasteiger partial charge is 0.278 e. The van der Waals surface area contributed by atoms with Crippen molar-refractivity contribution in [3.8, 4) is 0 Å². The molecule has 0 spiro atoms. The Balaban J connectivity index is -0.000000234. The normalized spacial score (nSPS) is 11.4. The third kappa shape index (κ3) is 36.1. The minimum atomic E-state index is -3.87. The fourth-order valence-electron chi connectivity index (χ4n) is 0.895.